The highest BCUT2D eigenvalue weighted by molar-refractivity contribution is 6.00. The largest absolute Gasteiger partial charge is 0.480 e. The van der Waals surface area contributed by atoms with E-state index in [1.165, 1.54) is 0 Å². The molecule has 0 aliphatic carbocycles. The standard InChI is InChI=1S/C84H164N46O19/c85-29-5-1-19-49(125-70(142)53(25-13-37-111-81(98)99)123-63(135)45-117-65(137)47(88)17-9-33-107-77(90)91)68(140)119-41-59(131)115-43-61(133)121-52(24-12-36-110-80(96)97)72(144)127-51(23-11-35-109-79(94)95)67(139)106-32-8-4-21-56(75(147)130-58(76(148)149)22-3-7-31-87)128-74(146)57(28-16-40-114-84(104)105)129-73(145)55(27-15-39-113-83(102)103)122-62(134)44-116-60(132)42-120-69(141)50(20-2-6-30-86)126-71(143)54(26-14-38-112-82(100)101)124-64(136)46-118-66(138)48(89)18-10-34-108-78(92)93/h47-58H,1-46,85-89H2,(H,106,139)(H,115,131)(H,116,132)(H,117,137)(H,118,138)(H,119,140)(H,120,141)(H,121,133)(H,122,134)(H,123,135)(H,124,136)(H,125,142)(H,126,143)(H,127,144)(H,128,146)(H,129,145)(H,130,147)(H,148,149)(H4,90,91,107)(H4,92,93,108)(H4,94,95,109)(H4,96,97,110)(H4,98,99,111)(H4,100,101,112)(H4,102,103,113)(H4,104,105,114)/t47-,48-,49-,50-,51-,52-,53-,54-,55-,56-,57-,58-/m0/s1. The number of guanidine groups is 8. The van der Waals surface area contributed by atoms with Crippen molar-refractivity contribution < 1.29 is 91.4 Å². The highest BCUT2D eigenvalue weighted by Crippen LogP contribution is 2.13. The maximum absolute atomic E-state index is 14.8. The van der Waals surface area contributed by atoms with Crippen LogP contribution in [0.4, 0.5) is 0 Å². The molecule has 149 heavy (non-hydrogen) atoms. The van der Waals surface area contributed by atoms with Crippen LogP contribution >= 0.6 is 0 Å². The van der Waals surface area contributed by atoms with E-state index >= 15 is 0 Å². The minimum absolute atomic E-state index is 0.00313. The maximum Gasteiger partial charge on any atom is 0.326 e. The highest BCUT2D eigenvalue weighted by Gasteiger charge is 2.36. The van der Waals surface area contributed by atoms with Gasteiger partial charge in [-0.1, -0.05) is 0 Å². The van der Waals surface area contributed by atoms with Gasteiger partial charge in [0.25, 0.3) is 0 Å². The number of aliphatic carboxylic acids is 1. The zero-order valence-electron chi connectivity index (χ0n) is 84.3. The molecular weight excluding hydrogens is 1960 g/mol. The van der Waals surface area contributed by atoms with Crippen LogP contribution < -0.4 is 207 Å². The van der Waals surface area contributed by atoms with E-state index in [9.17, 15) is 91.4 Å². The van der Waals surface area contributed by atoms with Gasteiger partial charge in [0.2, 0.25) is 100 Å². The summed E-state index contributed by atoms with van der Waals surface area (Å²) in [6.07, 6.45) is 1.99. The van der Waals surface area contributed by atoms with Crippen molar-refractivity contribution >= 4 is 154 Å². The third-order valence-electron chi connectivity index (χ3n) is 21.6. The van der Waals surface area contributed by atoms with E-state index in [0.717, 1.165) is 0 Å². The second-order valence-electron chi connectivity index (χ2n) is 34.3. The molecule has 0 fully saturated rings. The number of carboxylic acids is 1. The van der Waals surface area contributed by atoms with Gasteiger partial charge in [0, 0.05) is 58.9 Å². The number of carbonyl (C=O) groups is 18. The molecule has 17 amide bonds. The minimum Gasteiger partial charge on any atom is -0.480 e. The van der Waals surface area contributed by atoms with E-state index in [1.807, 2.05) is 0 Å². The van der Waals surface area contributed by atoms with Crippen molar-refractivity contribution in [3.63, 3.8) is 0 Å². The van der Waals surface area contributed by atoms with Crippen LogP contribution in [0, 0.1) is 43.3 Å². The Kier molecular flexibility index (Phi) is 71.3. The first kappa shape index (κ1) is 133. The molecule has 0 saturated heterocycles. The van der Waals surface area contributed by atoms with Gasteiger partial charge in [-0.2, -0.15) is 0 Å². The monoisotopic (exact) mass is 2120 g/mol. The van der Waals surface area contributed by atoms with Gasteiger partial charge < -0.3 is 213 Å². The van der Waals surface area contributed by atoms with Crippen LogP contribution in [0.25, 0.3) is 0 Å². The van der Waals surface area contributed by atoms with Gasteiger partial charge in [-0.3, -0.25) is 125 Å². The third kappa shape index (κ3) is 68.4. The van der Waals surface area contributed by atoms with Crippen LogP contribution in [0.3, 0.4) is 0 Å². The Morgan fingerprint density at radius 2 is 0.349 bits per heavy atom. The van der Waals surface area contributed by atoms with E-state index in [-0.39, 0.29) is 244 Å². The lowest BCUT2D eigenvalue weighted by molar-refractivity contribution is -0.142. The summed E-state index contributed by atoms with van der Waals surface area (Å²) < 4.78 is 0. The minimum atomic E-state index is -1.61. The first-order chi connectivity index (χ1) is 70.6. The molecule has 0 radical (unpaired) electrons. The first-order valence-corrected chi connectivity index (χ1v) is 49.0. The van der Waals surface area contributed by atoms with Crippen molar-refractivity contribution in [3.8, 4) is 0 Å². The van der Waals surface area contributed by atoms with Crippen molar-refractivity contribution in [2.45, 2.75) is 252 Å². The van der Waals surface area contributed by atoms with Crippen LogP contribution in [-0.4, -0.2) is 349 Å². The summed E-state index contributed by atoms with van der Waals surface area (Å²) in [5.74, 6) is -19.7. The van der Waals surface area contributed by atoms with Crippen molar-refractivity contribution in [2.24, 2.45) is 74.5 Å². The lowest BCUT2D eigenvalue weighted by atomic mass is 10.0. The predicted octanol–water partition coefficient (Wildman–Crippen LogP) is -16.9. The Bertz CT molecular complexity index is 4330. The van der Waals surface area contributed by atoms with Gasteiger partial charge >= 0.3 is 5.97 Å². The van der Waals surface area contributed by atoms with Gasteiger partial charge in [0.05, 0.1) is 51.4 Å². The molecule has 0 aromatic rings. The molecule has 0 rings (SSSR count). The average Bonchev–Trinajstić information content (AvgIpc) is 0.870. The number of carbonyl (C=O) groups excluding carboxylic acids is 17. The second-order valence-corrected chi connectivity index (χ2v) is 34.3. The quantitative estimate of drug-likeness (QED) is 0.0153. The Morgan fingerprint density at radius 3 is 0.577 bits per heavy atom. The van der Waals surface area contributed by atoms with E-state index in [0.29, 0.717) is 38.5 Å². The van der Waals surface area contributed by atoms with Crippen LogP contribution in [0.5, 0.6) is 0 Å². The van der Waals surface area contributed by atoms with Gasteiger partial charge in [0.1, 0.15) is 60.4 Å². The zero-order valence-corrected chi connectivity index (χ0v) is 84.3. The number of unbranched alkanes of at least 4 members (excludes halogenated alkanes) is 4. The molecule has 60 N–H and O–H groups in total. The summed E-state index contributed by atoms with van der Waals surface area (Å²) in [6.45, 7) is -3.46. The predicted molar refractivity (Wildman–Crippen MR) is 550 cm³/mol. The van der Waals surface area contributed by atoms with Crippen molar-refractivity contribution in [1.29, 1.82) is 43.3 Å². The number of rotatable bonds is 83. The summed E-state index contributed by atoms with van der Waals surface area (Å²) in [5, 5.41) is 133. The Balaban J connectivity index is 7.05. The molecule has 0 aliphatic heterocycles. The third-order valence-corrected chi connectivity index (χ3v) is 21.6. The van der Waals surface area contributed by atoms with E-state index in [1.54, 1.807) is 0 Å². The molecule has 12 atom stereocenters. The fourth-order valence-corrected chi connectivity index (χ4v) is 13.8. The molecule has 0 unspecified atom stereocenters. The number of amides is 17. The molecule has 0 aromatic carbocycles. The van der Waals surface area contributed by atoms with Crippen molar-refractivity contribution in [3.05, 3.63) is 0 Å². The normalized spacial score (nSPS) is 13.1. The summed E-state index contributed by atoms with van der Waals surface area (Å²) in [6, 6.07) is -16.6. The van der Waals surface area contributed by atoms with Gasteiger partial charge in [-0.15, -0.1) is 0 Å². The smallest absolute Gasteiger partial charge is 0.326 e. The maximum atomic E-state index is 14.8. The fraction of sp³-hybridized carbons (Fsp3) is 0.690. The zero-order chi connectivity index (χ0) is 112. The molecule has 65 nitrogen and oxygen atoms in total. The number of hydrogen-bond donors (Lipinski definition) is 47. The SMILES string of the molecule is N=C(N)NCCC[C@H](NC(=O)CNC(=O)CNC(=O)[C@H](CCCCN)NC(=O)[C@H](CCCNC(=N)N)NC(=O)CNC(=O)[C@@H](N)CCCNC(=N)N)C(=O)N[C@@H](CCCNC(=N)N)C(=O)NCCCC[C@H](NC(=O)[C@H](CCCNC(=N)N)NC(=O)[C@H](CCCNC(=N)N)NC(=O)CNC(=O)CNC(=O)[C@H](CCCCN)NC(=O)[C@H](CCCNC(=N)N)NC(=O)CNC(=O)[C@@H](N)CCCNC(=N)N)C(=O)N[C@@H](CCCCN)C(=O)O. The summed E-state index contributed by atoms with van der Waals surface area (Å²) >= 11 is 0. The van der Waals surface area contributed by atoms with E-state index < -0.39 is 242 Å². The molecule has 0 aromatic heterocycles. The summed E-state index contributed by atoms with van der Waals surface area (Å²) in [5.41, 5.74) is 72.6. The topological polar surface area (TPSA) is 1160 Å². The summed E-state index contributed by atoms with van der Waals surface area (Å²) in [4.78, 5) is 247. The molecule has 844 valence electrons. The molecule has 0 saturated carbocycles. The molecule has 0 heterocycles. The molecule has 0 spiro atoms. The van der Waals surface area contributed by atoms with Crippen LogP contribution in [0.15, 0.2) is 0 Å². The Labute approximate surface area is 862 Å². The molecule has 0 aliphatic rings. The van der Waals surface area contributed by atoms with Gasteiger partial charge in [-0.05, 0) is 199 Å². The van der Waals surface area contributed by atoms with Crippen LogP contribution in [0.1, 0.15) is 180 Å². The van der Waals surface area contributed by atoms with E-state index in [4.69, 9.17) is 118 Å². The number of nitrogens with two attached hydrogens (primary N) is 13. The van der Waals surface area contributed by atoms with Crippen LogP contribution in [-0.2, 0) is 86.3 Å². The highest BCUT2D eigenvalue weighted by atomic mass is 16.4. The molecular formula is C84H164N46O19. The Hall–Kier alpha value is -15.6. The lowest BCUT2D eigenvalue weighted by Gasteiger charge is -2.26. The average molecular weight is 2120 g/mol. The number of carboxylic acid groups (broad SMARTS) is 1. The van der Waals surface area contributed by atoms with Gasteiger partial charge in [-0.25, -0.2) is 4.79 Å². The molecule has 0 bridgehead atoms. The molecule has 65 heteroatoms. The lowest BCUT2D eigenvalue weighted by Crippen LogP contribution is -2.58. The number of hydrogen-bond acceptors (Lipinski definition) is 31. The van der Waals surface area contributed by atoms with Crippen molar-refractivity contribution in [1.82, 2.24) is 133 Å². The second kappa shape index (κ2) is 79.7. The Morgan fingerprint density at radius 1 is 0.181 bits per heavy atom. The summed E-state index contributed by atoms with van der Waals surface area (Å²) in [7, 11) is 0. The van der Waals surface area contributed by atoms with Crippen LogP contribution in [0.2, 0.25) is 0 Å². The van der Waals surface area contributed by atoms with Gasteiger partial charge in [0.15, 0.2) is 47.7 Å². The first-order valence-electron chi connectivity index (χ1n) is 49.0. The van der Waals surface area contributed by atoms with Crippen molar-refractivity contribution in [2.75, 3.05) is 118 Å². The van der Waals surface area contributed by atoms with E-state index in [2.05, 4.69) is 133 Å². The number of nitrogens with one attached hydrogen (secondary N) is 33. The fourth-order valence-electron chi connectivity index (χ4n) is 13.8.